The zero-order chi connectivity index (χ0) is 11.7. The quantitative estimate of drug-likeness (QED) is 0.881. The van der Waals surface area contributed by atoms with E-state index in [-0.39, 0.29) is 11.8 Å². The molecule has 17 heavy (non-hydrogen) atoms. The van der Waals surface area contributed by atoms with E-state index in [0.29, 0.717) is 24.7 Å². The molecule has 1 amide bonds. The number of rotatable bonds is 2. The van der Waals surface area contributed by atoms with E-state index < -0.39 is 0 Å². The third kappa shape index (κ3) is 2.08. The predicted molar refractivity (Wildman–Crippen MR) is 62.6 cm³/mol. The molecule has 0 aliphatic carbocycles. The number of carbonyl (C=O) groups is 1. The van der Waals surface area contributed by atoms with Crippen LogP contribution in [0.2, 0.25) is 0 Å². The molecule has 2 aromatic heterocycles. The molecule has 5 nitrogen and oxygen atoms in total. The highest BCUT2D eigenvalue weighted by Crippen LogP contribution is 2.25. The zero-order valence-electron chi connectivity index (χ0n) is 9.05. The third-order valence-corrected chi connectivity index (χ3v) is 3.52. The molecule has 3 heterocycles. The molecule has 1 aliphatic heterocycles. The Balaban J connectivity index is 1.79. The first-order valence-electron chi connectivity index (χ1n) is 5.46. The van der Waals surface area contributed by atoms with Crippen molar-refractivity contribution in [1.29, 1.82) is 0 Å². The zero-order valence-corrected chi connectivity index (χ0v) is 9.87. The Morgan fingerprint density at radius 2 is 2.47 bits per heavy atom. The highest BCUT2D eigenvalue weighted by atomic mass is 32.1. The summed E-state index contributed by atoms with van der Waals surface area (Å²) < 4.78 is 5.26. The summed E-state index contributed by atoms with van der Waals surface area (Å²) in [5.41, 5.74) is 0.977. The second-order valence-corrected chi connectivity index (χ2v) is 4.79. The maximum Gasteiger partial charge on any atom is 0.231 e. The van der Waals surface area contributed by atoms with Gasteiger partial charge in [0.1, 0.15) is 0 Å². The van der Waals surface area contributed by atoms with Crippen molar-refractivity contribution in [3.63, 3.8) is 0 Å². The second-order valence-electron chi connectivity index (χ2n) is 4.01. The van der Waals surface area contributed by atoms with E-state index >= 15 is 0 Å². The molecule has 6 heteroatoms. The van der Waals surface area contributed by atoms with E-state index in [1.54, 1.807) is 11.3 Å². The van der Waals surface area contributed by atoms with Crippen molar-refractivity contribution < 1.29 is 9.32 Å². The van der Waals surface area contributed by atoms with Crippen molar-refractivity contribution >= 4 is 17.2 Å². The van der Waals surface area contributed by atoms with Crippen LogP contribution < -0.4 is 5.32 Å². The smallest absolute Gasteiger partial charge is 0.231 e. The number of nitrogens with zero attached hydrogens (tertiary/aromatic N) is 2. The molecule has 3 rings (SSSR count). The van der Waals surface area contributed by atoms with Gasteiger partial charge in [0.2, 0.25) is 17.6 Å². The van der Waals surface area contributed by atoms with E-state index in [1.165, 1.54) is 0 Å². The molecule has 88 valence electrons. The second kappa shape index (κ2) is 4.29. The van der Waals surface area contributed by atoms with Gasteiger partial charge in [-0.1, -0.05) is 5.16 Å². The van der Waals surface area contributed by atoms with Gasteiger partial charge in [0.05, 0.1) is 5.92 Å². The summed E-state index contributed by atoms with van der Waals surface area (Å²) in [6.07, 6.45) is 1.30. The van der Waals surface area contributed by atoms with Gasteiger partial charge in [-0.3, -0.25) is 4.79 Å². The van der Waals surface area contributed by atoms with Crippen molar-refractivity contribution in [2.75, 3.05) is 6.54 Å². The SMILES string of the molecule is O=C1CC[C@@H](c2nc(-c3ccsc3)no2)CN1. The van der Waals surface area contributed by atoms with Gasteiger partial charge in [0, 0.05) is 23.9 Å². The van der Waals surface area contributed by atoms with Crippen LogP contribution in [0, 0.1) is 0 Å². The van der Waals surface area contributed by atoms with E-state index in [0.717, 1.165) is 12.0 Å². The number of thiophene rings is 1. The van der Waals surface area contributed by atoms with Crippen molar-refractivity contribution in [2.45, 2.75) is 18.8 Å². The average Bonchev–Trinajstić information content (AvgIpc) is 3.00. The van der Waals surface area contributed by atoms with Crippen LogP contribution in [-0.2, 0) is 4.79 Å². The van der Waals surface area contributed by atoms with Crippen molar-refractivity contribution in [1.82, 2.24) is 15.5 Å². The van der Waals surface area contributed by atoms with E-state index in [2.05, 4.69) is 15.5 Å². The standard InChI is InChI=1S/C11H11N3O2S/c15-9-2-1-7(5-12-9)11-13-10(14-16-11)8-3-4-17-6-8/h3-4,6-7H,1-2,5H2,(H,12,15)/t7-/m1/s1. The Labute approximate surface area is 102 Å². The van der Waals surface area contributed by atoms with Crippen molar-refractivity contribution in [3.05, 3.63) is 22.7 Å². The molecule has 0 bridgehead atoms. The fourth-order valence-corrected chi connectivity index (χ4v) is 2.49. The van der Waals surface area contributed by atoms with Crippen molar-refractivity contribution in [3.8, 4) is 11.4 Å². The summed E-state index contributed by atoms with van der Waals surface area (Å²) in [4.78, 5) is 15.4. The number of aromatic nitrogens is 2. The topological polar surface area (TPSA) is 68.0 Å². The molecule has 0 saturated carbocycles. The minimum atomic E-state index is 0.0961. The summed E-state index contributed by atoms with van der Waals surface area (Å²) >= 11 is 1.60. The Hall–Kier alpha value is -1.69. The Morgan fingerprint density at radius 3 is 3.18 bits per heavy atom. The summed E-state index contributed by atoms with van der Waals surface area (Å²) in [7, 11) is 0. The van der Waals surface area contributed by atoms with Crippen LogP contribution >= 0.6 is 11.3 Å². The first kappa shape index (κ1) is 10.5. The summed E-state index contributed by atoms with van der Waals surface area (Å²) in [6.45, 7) is 0.587. The minimum absolute atomic E-state index is 0.0961. The lowest BCUT2D eigenvalue weighted by atomic mass is 9.99. The monoisotopic (exact) mass is 249 g/mol. The molecule has 0 spiro atoms. The molecule has 1 N–H and O–H groups in total. The van der Waals surface area contributed by atoms with Gasteiger partial charge in [-0.2, -0.15) is 16.3 Å². The molecule has 1 saturated heterocycles. The lowest BCUT2D eigenvalue weighted by molar-refractivity contribution is -0.122. The average molecular weight is 249 g/mol. The molecule has 0 unspecified atom stereocenters. The molecule has 1 aliphatic rings. The number of hydrogen-bond donors (Lipinski definition) is 1. The fraction of sp³-hybridized carbons (Fsp3) is 0.364. The summed E-state index contributed by atoms with van der Waals surface area (Å²) in [6, 6.07) is 1.96. The van der Waals surface area contributed by atoms with Crippen LogP contribution in [0.15, 0.2) is 21.3 Å². The Bertz CT molecular complexity index is 511. The fourth-order valence-electron chi connectivity index (χ4n) is 1.85. The molecular weight excluding hydrogens is 238 g/mol. The maximum absolute atomic E-state index is 11.1. The van der Waals surface area contributed by atoms with Gasteiger partial charge in [-0.15, -0.1) is 0 Å². The maximum atomic E-state index is 11.1. The highest BCUT2D eigenvalue weighted by molar-refractivity contribution is 7.08. The lowest BCUT2D eigenvalue weighted by Gasteiger charge is -2.18. The first-order valence-corrected chi connectivity index (χ1v) is 6.40. The number of carbonyl (C=O) groups excluding carboxylic acids is 1. The molecule has 1 atom stereocenters. The van der Waals surface area contributed by atoms with Gasteiger partial charge in [0.25, 0.3) is 0 Å². The molecule has 0 aromatic carbocycles. The number of amides is 1. The largest absolute Gasteiger partial charge is 0.355 e. The summed E-state index contributed by atoms with van der Waals surface area (Å²) in [5, 5.41) is 10.7. The lowest BCUT2D eigenvalue weighted by Crippen LogP contribution is -2.33. The molecule has 2 aromatic rings. The van der Waals surface area contributed by atoms with Crippen LogP contribution in [0.5, 0.6) is 0 Å². The van der Waals surface area contributed by atoms with E-state index in [1.807, 2.05) is 16.8 Å². The summed E-state index contributed by atoms with van der Waals surface area (Å²) in [5.74, 6) is 1.48. The number of nitrogens with one attached hydrogen (secondary N) is 1. The Kier molecular flexibility index (Phi) is 2.64. The van der Waals surface area contributed by atoms with Crippen LogP contribution in [-0.4, -0.2) is 22.6 Å². The van der Waals surface area contributed by atoms with E-state index in [4.69, 9.17) is 4.52 Å². The third-order valence-electron chi connectivity index (χ3n) is 2.84. The highest BCUT2D eigenvalue weighted by Gasteiger charge is 2.24. The van der Waals surface area contributed by atoms with Crippen LogP contribution in [0.3, 0.4) is 0 Å². The van der Waals surface area contributed by atoms with Gasteiger partial charge in [0.15, 0.2) is 0 Å². The van der Waals surface area contributed by atoms with Crippen molar-refractivity contribution in [2.24, 2.45) is 0 Å². The number of hydrogen-bond acceptors (Lipinski definition) is 5. The van der Waals surface area contributed by atoms with Crippen LogP contribution in [0.1, 0.15) is 24.7 Å². The van der Waals surface area contributed by atoms with Gasteiger partial charge >= 0.3 is 0 Å². The van der Waals surface area contributed by atoms with E-state index in [9.17, 15) is 4.79 Å². The minimum Gasteiger partial charge on any atom is -0.355 e. The van der Waals surface area contributed by atoms with Gasteiger partial charge < -0.3 is 9.84 Å². The van der Waals surface area contributed by atoms with Gasteiger partial charge in [-0.25, -0.2) is 0 Å². The normalized spacial score (nSPS) is 20.2. The van der Waals surface area contributed by atoms with Crippen LogP contribution in [0.4, 0.5) is 0 Å². The predicted octanol–water partition coefficient (Wildman–Crippen LogP) is 1.79. The number of piperidine rings is 1. The van der Waals surface area contributed by atoms with Crippen LogP contribution in [0.25, 0.3) is 11.4 Å². The van der Waals surface area contributed by atoms with Gasteiger partial charge in [-0.05, 0) is 17.9 Å². The first-order chi connectivity index (χ1) is 8.33. The molecular formula is C11H11N3O2S. The Morgan fingerprint density at radius 1 is 1.53 bits per heavy atom. The molecule has 1 fully saturated rings. The molecule has 0 radical (unpaired) electrons.